The Balaban J connectivity index is 1.66. The molecule has 1 N–H and O–H groups in total. The van der Waals surface area contributed by atoms with Crippen LogP contribution in [0.15, 0.2) is 47.3 Å². The van der Waals surface area contributed by atoms with Crippen LogP contribution in [0.5, 0.6) is 17.4 Å². The van der Waals surface area contributed by atoms with Crippen molar-refractivity contribution in [2.24, 2.45) is 0 Å². The molecule has 1 aliphatic heterocycles. The SMILES string of the molecule is CCCCc1nc(=O)c(C(=O)N2CCN(Cc3cccc(C)c3)CC2)c(O)n1-c1c(OC)cccc1OC. The number of piperazine rings is 1. The van der Waals surface area contributed by atoms with E-state index in [0.717, 1.165) is 19.4 Å². The third-order valence-corrected chi connectivity index (χ3v) is 6.88. The van der Waals surface area contributed by atoms with Crippen LogP contribution in [0.25, 0.3) is 5.69 Å². The van der Waals surface area contributed by atoms with Gasteiger partial charge in [-0.25, -0.2) is 0 Å². The molecule has 0 atom stereocenters. The van der Waals surface area contributed by atoms with Crippen LogP contribution in [0.3, 0.4) is 0 Å². The van der Waals surface area contributed by atoms with Crippen LogP contribution < -0.4 is 15.0 Å². The molecule has 38 heavy (non-hydrogen) atoms. The van der Waals surface area contributed by atoms with Crippen LogP contribution in [-0.2, 0) is 13.0 Å². The second-order valence-electron chi connectivity index (χ2n) is 9.54. The fourth-order valence-electron chi connectivity index (χ4n) is 4.87. The molecule has 0 saturated carbocycles. The van der Waals surface area contributed by atoms with Crippen molar-refractivity contribution in [2.45, 2.75) is 39.7 Å². The first-order valence-electron chi connectivity index (χ1n) is 13.0. The zero-order chi connectivity index (χ0) is 27.2. The molecule has 2 aromatic carbocycles. The van der Waals surface area contributed by atoms with Crippen molar-refractivity contribution in [3.63, 3.8) is 0 Å². The van der Waals surface area contributed by atoms with E-state index in [1.807, 2.05) is 13.0 Å². The largest absolute Gasteiger partial charge is 0.494 e. The van der Waals surface area contributed by atoms with Gasteiger partial charge in [-0.3, -0.25) is 19.1 Å². The standard InChI is InChI=1S/C29H36N4O5/c1-5-6-13-24-30-27(34)25(29(36)33(24)26-22(37-3)11-8-12-23(26)38-4)28(35)32-16-14-31(15-17-32)19-21-10-7-9-20(2)18-21/h7-12,18,36H,5-6,13-17,19H2,1-4H3. The Labute approximate surface area is 223 Å². The number of aryl methyl sites for hydroxylation is 2. The van der Waals surface area contributed by atoms with Crippen molar-refractivity contribution in [2.75, 3.05) is 40.4 Å². The van der Waals surface area contributed by atoms with Gasteiger partial charge < -0.3 is 19.5 Å². The highest BCUT2D eigenvalue weighted by atomic mass is 16.5. The quantitative estimate of drug-likeness (QED) is 0.461. The zero-order valence-electron chi connectivity index (χ0n) is 22.6. The van der Waals surface area contributed by atoms with Crippen molar-refractivity contribution in [3.05, 3.63) is 75.3 Å². The lowest BCUT2D eigenvalue weighted by Crippen LogP contribution is -2.49. The molecule has 1 aromatic heterocycles. The third-order valence-electron chi connectivity index (χ3n) is 6.88. The average molecular weight is 521 g/mol. The highest BCUT2D eigenvalue weighted by Gasteiger charge is 2.31. The molecule has 1 amide bonds. The van der Waals surface area contributed by atoms with Gasteiger partial charge in [-0.2, -0.15) is 4.98 Å². The van der Waals surface area contributed by atoms with E-state index in [0.29, 0.717) is 55.6 Å². The Morgan fingerprint density at radius 2 is 1.68 bits per heavy atom. The number of carbonyl (C=O) groups excluding carboxylic acids is 1. The summed E-state index contributed by atoms with van der Waals surface area (Å²) in [6, 6.07) is 13.6. The molecule has 3 aromatic rings. The second kappa shape index (κ2) is 12.1. The highest BCUT2D eigenvalue weighted by molar-refractivity contribution is 5.96. The average Bonchev–Trinajstić information content (AvgIpc) is 2.91. The number of rotatable bonds is 9. The number of nitrogens with zero attached hydrogens (tertiary/aromatic N) is 4. The molecule has 1 fully saturated rings. The fourth-order valence-corrected chi connectivity index (χ4v) is 4.87. The minimum absolute atomic E-state index is 0.342. The molecule has 9 nitrogen and oxygen atoms in total. The van der Waals surface area contributed by atoms with Gasteiger partial charge in [-0.05, 0) is 31.0 Å². The van der Waals surface area contributed by atoms with Gasteiger partial charge in [0.25, 0.3) is 11.5 Å². The fraction of sp³-hybridized carbons (Fsp3) is 0.414. The summed E-state index contributed by atoms with van der Waals surface area (Å²) in [6.45, 7) is 7.11. The normalized spacial score (nSPS) is 13.9. The molecule has 1 aliphatic rings. The lowest BCUT2D eigenvalue weighted by atomic mass is 10.1. The molecule has 2 heterocycles. The Bertz CT molecular complexity index is 1320. The number of para-hydroxylation sites is 1. The van der Waals surface area contributed by atoms with Gasteiger partial charge >= 0.3 is 0 Å². The number of ether oxygens (including phenoxy) is 2. The number of amides is 1. The van der Waals surface area contributed by atoms with Crippen LogP contribution in [0.4, 0.5) is 0 Å². The molecule has 202 valence electrons. The van der Waals surface area contributed by atoms with Crippen LogP contribution in [0, 0.1) is 6.92 Å². The Morgan fingerprint density at radius 1 is 1.03 bits per heavy atom. The van der Waals surface area contributed by atoms with Crippen molar-refractivity contribution < 1.29 is 19.4 Å². The van der Waals surface area contributed by atoms with Crippen LogP contribution >= 0.6 is 0 Å². The topological polar surface area (TPSA) is 97.1 Å². The van der Waals surface area contributed by atoms with E-state index in [1.165, 1.54) is 29.9 Å². The van der Waals surface area contributed by atoms with Gasteiger partial charge in [0.05, 0.1) is 14.2 Å². The zero-order valence-corrected chi connectivity index (χ0v) is 22.6. The molecule has 4 rings (SSSR count). The van der Waals surface area contributed by atoms with Crippen LogP contribution in [-0.4, -0.2) is 70.8 Å². The van der Waals surface area contributed by atoms with Gasteiger partial charge in [-0.1, -0.05) is 49.2 Å². The number of aromatic nitrogens is 2. The maximum absolute atomic E-state index is 13.6. The van der Waals surface area contributed by atoms with Gasteiger partial charge in [0.15, 0.2) is 5.56 Å². The molecule has 1 saturated heterocycles. The van der Waals surface area contributed by atoms with Gasteiger partial charge in [0.2, 0.25) is 5.88 Å². The summed E-state index contributed by atoms with van der Waals surface area (Å²) in [5.41, 5.74) is 1.76. The summed E-state index contributed by atoms with van der Waals surface area (Å²) in [4.78, 5) is 34.9. The summed E-state index contributed by atoms with van der Waals surface area (Å²) < 4.78 is 12.5. The summed E-state index contributed by atoms with van der Waals surface area (Å²) in [6.07, 6.45) is 2.05. The molecular formula is C29H36N4O5. The van der Waals surface area contributed by atoms with E-state index in [1.54, 1.807) is 23.1 Å². The molecule has 0 aliphatic carbocycles. The number of aromatic hydroxyl groups is 1. The van der Waals surface area contributed by atoms with Gasteiger partial charge in [0, 0.05) is 39.1 Å². The minimum atomic E-state index is -0.731. The monoisotopic (exact) mass is 520 g/mol. The smallest absolute Gasteiger partial charge is 0.289 e. The van der Waals surface area contributed by atoms with Crippen molar-refractivity contribution >= 4 is 5.91 Å². The van der Waals surface area contributed by atoms with E-state index < -0.39 is 17.3 Å². The lowest BCUT2D eigenvalue weighted by Gasteiger charge is -2.35. The number of methoxy groups -OCH3 is 2. The molecular weight excluding hydrogens is 484 g/mol. The second-order valence-corrected chi connectivity index (χ2v) is 9.54. The number of carbonyl (C=O) groups is 1. The van der Waals surface area contributed by atoms with Gasteiger partial charge in [0.1, 0.15) is 23.0 Å². The maximum Gasteiger partial charge on any atom is 0.289 e. The number of benzene rings is 2. The van der Waals surface area contributed by atoms with Crippen LogP contribution in [0.1, 0.15) is 47.1 Å². The van der Waals surface area contributed by atoms with E-state index in [4.69, 9.17) is 9.47 Å². The van der Waals surface area contributed by atoms with Gasteiger partial charge in [-0.15, -0.1) is 0 Å². The molecule has 0 unspecified atom stereocenters. The first-order chi connectivity index (χ1) is 18.4. The predicted octanol–water partition coefficient (Wildman–Crippen LogP) is 3.56. The highest BCUT2D eigenvalue weighted by Crippen LogP contribution is 2.36. The summed E-state index contributed by atoms with van der Waals surface area (Å²) in [5.74, 6) is 0.208. The van der Waals surface area contributed by atoms with Crippen LogP contribution in [0.2, 0.25) is 0 Å². The Morgan fingerprint density at radius 3 is 2.29 bits per heavy atom. The van der Waals surface area contributed by atoms with Crippen molar-refractivity contribution in [3.8, 4) is 23.1 Å². The van der Waals surface area contributed by atoms with E-state index in [-0.39, 0.29) is 5.56 Å². The molecule has 0 radical (unpaired) electrons. The van der Waals surface area contributed by atoms with E-state index in [9.17, 15) is 14.7 Å². The molecule has 0 bridgehead atoms. The summed E-state index contributed by atoms with van der Waals surface area (Å²) in [7, 11) is 3.03. The molecule has 0 spiro atoms. The summed E-state index contributed by atoms with van der Waals surface area (Å²) >= 11 is 0. The van der Waals surface area contributed by atoms with Crippen molar-refractivity contribution in [1.82, 2.24) is 19.4 Å². The number of hydrogen-bond donors (Lipinski definition) is 1. The summed E-state index contributed by atoms with van der Waals surface area (Å²) in [5, 5.41) is 11.5. The first-order valence-corrected chi connectivity index (χ1v) is 13.0. The Kier molecular flexibility index (Phi) is 8.68. The maximum atomic E-state index is 13.6. The third kappa shape index (κ3) is 5.67. The van der Waals surface area contributed by atoms with E-state index >= 15 is 0 Å². The number of hydrogen-bond acceptors (Lipinski definition) is 7. The number of unbranched alkanes of at least 4 members (excludes halogenated alkanes) is 1. The van der Waals surface area contributed by atoms with E-state index in [2.05, 4.69) is 35.0 Å². The Hall–Kier alpha value is -3.85. The predicted molar refractivity (Wildman–Crippen MR) is 146 cm³/mol. The first kappa shape index (κ1) is 27.2. The molecule has 9 heteroatoms. The minimum Gasteiger partial charge on any atom is -0.494 e. The lowest BCUT2D eigenvalue weighted by molar-refractivity contribution is 0.0622. The van der Waals surface area contributed by atoms with Crippen molar-refractivity contribution in [1.29, 1.82) is 0 Å².